The van der Waals surface area contributed by atoms with E-state index in [1.165, 1.54) is 0 Å². The van der Waals surface area contributed by atoms with Gasteiger partial charge < -0.3 is 47.9 Å². The molecule has 0 aromatic heterocycles. The first-order chi connectivity index (χ1) is 1.73. The van der Waals surface area contributed by atoms with E-state index in [4.69, 9.17) is 15.0 Å². The van der Waals surface area contributed by atoms with E-state index in [0.717, 1.165) is 0 Å². The van der Waals surface area contributed by atoms with Crippen molar-refractivity contribution >= 4 is 6.16 Å². The molecule has 0 radical (unpaired) electrons. The third-order valence-electron chi connectivity index (χ3n) is 0. The van der Waals surface area contributed by atoms with Crippen LogP contribution < -0.4 is 91.2 Å². The summed E-state index contributed by atoms with van der Waals surface area (Å²) in [6, 6.07) is 0. The Morgan fingerprint density at radius 2 is 0.750 bits per heavy atom. The fraction of sp³-hybridized carbons (Fsp3) is 0. The summed E-state index contributed by atoms with van der Waals surface area (Å²) in [6.07, 6.45) is -2.33. The summed E-state index contributed by atoms with van der Waals surface area (Å²) in [7, 11) is 0. The maximum atomic E-state index is 8.33. The van der Waals surface area contributed by atoms with Crippen molar-refractivity contribution in [1.29, 1.82) is 0 Å². The summed E-state index contributed by atoms with van der Waals surface area (Å²) in [5.41, 5.74) is 0. The van der Waals surface area contributed by atoms with Gasteiger partial charge in [-0.15, -0.1) is 0 Å². The van der Waals surface area contributed by atoms with Crippen LogP contribution in [0.2, 0.25) is 0 Å². The number of hydrogen-bond donors (Lipinski definition) is 0. The van der Waals surface area contributed by atoms with Crippen LogP contribution in [0, 0.1) is 0 Å². The summed E-state index contributed by atoms with van der Waals surface area (Å²) >= 11 is 0. The van der Waals surface area contributed by atoms with Crippen molar-refractivity contribution in [1.82, 2.24) is 0 Å². The summed E-state index contributed by atoms with van der Waals surface area (Å²) in [5.74, 6) is 0. The van der Waals surface area contributed by atoms with Crippen LogP contribution in [0.5, 0.6) is 0 Å². The molecule has 0 aliphatic carbocycles. The van der Waals surface area contributed by atoms with Crippen LogP contribution in [0.25, 0.3) is 0 Å². The fourth-order valence-electron chi connectivity index (χ4n) is 0. The van der Waals surface area contributed by atoms with Crippen LogP contribution in [-0.4, -0.2) is 39.0 Å². The number of carbonyl (C=O) groups excluding carboxylic acids is 1. The van der Waals surface area contributed by atoms with Gasteiger partial charge >= 0.3 is 80.9 Å². The molecule has 0 aromatic rings. The Balaban J connectivity index is -0.00000000161. The Hall–Kier alpha value is 1.67. The second-order valence-electron chi connectivity index (χ2n) is 0.250. The Morgan fingerprint density at radius 1 is 0.750 bits per heavy atom. The van der Waals surface area contributed by atoms with Crippen LogP contribution in [0.3, 0.4) is 0 Å². The Labute approximate surface area is 133 Å². The molecule has 0 saturated carbocycles. The molecule has 0 heterocycles. The molecule has 0 rings (SSSR count). The maximum absolute atomic E-state index is 8.33. The third kappa shape index (κ3) is 478. The number of carbonyl (C=O) groups is 1. The second kappa shape index (κ2) is 79.2. The van der Waals surface area contributed by atoms with Crippen molar-refractivity contribution in [3.8, 4) is 0 Å². The van der Waals surface area contributed by atoms with Crippen molar-refractivity contribution in [2.75, 3.05) is 0 Å². The van der Waals surface area contributed by atoms with Gasteiger partial charge in [-0.3, -0.25) is 0 Å². The number of rotatable bonds is 0. The average Bonchev–Trinajstić information content (AvgIpc) is 0.811. The molecule has 9 nitrogen and oxygen atoms in total. The molecule has 72 valence electrons. The third-order valence-corrected chi connectivity index (χ3v) is 0. The molecule has 0 aliphatic rings. The molecular weight excluding hydrogens is 218 g/mol. The predicted octanol–water partition coefficient (Wildman–Crippen LogP) is -13.4. The van der Waals surface area contributed by atoms with E-state index in [-0.39, 0.29) is 114 Å². The van der Waals surface area contributed by atoms with E-state index in [2.05, 4.69) is 0 Å². The van der Waals surface area contributed by atoms with Gasteiger partial charge in [0.2, 0.25) is 0 Å². The smallest absolute Gasteiger partial charge is 0.652 e. The monoisotopic (exact) mass is 230 g/mol. The van der Waals surface area contributed by atoms with Gasteiger partial charge in [0.15, 0.2) is 0 Å². The summed E-state index contributed by atoms with van der Waals surface area (Å²) < 4.78 is 0. The molecule has 0 fully saturated rings. The Bertz CT molecular complexity index is 37.5. The first-order valence-corrected chi connectivity index (χ1v) is 0.612. The molecule has 11 heteroatoms. The van der Waals surface area contributed by atoms with Crippen LogP contribution in [0.1, 0.15) is 0 Å². The molecule has 0 saturated heterocycles. The molecule has 12 heavy (non-hydrogen) atoms. The van der Waals surface area contributed by atoms with Crippen LogP contribution in [0.4, 0.5) is 4.79 Å². The van der Waals surface area contributed by atoms with Crippen LogP contribution in [-0.2, 0) is 0 Å². The van der Waals surface area contributed by atoms with E-state index < -0.39 is 6.16 Å². The molecule has 0 bridgehead atoms. The van der Waals surface area contributed by atoms with Crippen molar-refractivity contribution in [2.45, 2.75) is 0 Å². The largest absolute Gasteiger partial charge is 1.00 e. The average molecular weight is 230 g/mol. The van der Waals surface area contributed by atoms with Gasteiger partial charge in [0.25, 0.3) is 0 Å². The zero-order chi connectivity index (χ0) is 3.58. The zero-order valence-corrected chi connectivity index (χ0v) is 11.8. The minimum atomic E-state index is -2.33. The zero-order valence-electron chi connectivity index (χ0n) is 6.72. The van der Waals surface area contributed by atoms with Crippen LogP contribution >= 0.6 is 0 Å². The van der Waals surface area contributed by atoms with E-state index in [1.54, 1.807) is 0 Å². The minimum absolute atomic E-state index is 0. The topological polar surface area (TPSA) is 252 Å². The van der Waals surface area contributed by atoms with E-state index in [0.29, 0.717) is 0 Å². The molecule has 0 spiro atoms. The predicted molar refractivity (Wildman–Crippen MR) is 27.1 cm³/mol. The van der Waals surface area contributed by atoms with Gasteiger partial charge in [0.05, 0.1) is 0 Å². The van der Waals surface area contributed by atoms with Gasteiger partial charge in [-0.2, -0.15) is 0 Å². The quantitative estimate of drug-likeness (QED) is 0.367. The Morgan fingerprint density at radius 3 is 0.750 bits per heavy atom. The number of hydrogen-bond acceptors (Lipinski definition) is 3. The van der Waals surface area contributed by atoms with Gasteiger partial charge in [0.1, 0.15) is 0 Å². The maximum Gasteiger partial charge on any atom is 1.00 e. The van der Waals surface area contributed by atoms with E-state index in [1.807, 2.05) is 0 Å². The number of carboxylic acid groups (broad SMARTS) is 2. The van der Waals surface area contributed by atoms with Crippen LogP contribution in [0.15, 0.2) is 0 Å². The molecule has 0 aromatic carbocycles. The van der Waals surface area contributed by atoms with Crippen molar-refractivity contribution < 1.29 is 129 Å². The van der Waals surface area contributed by atoms with Gasteiger partial charge in [0, 0.05) is 0 Å². The molecule has 0 atom stereocenters. The summed E-state index contributed by atoms with van der Waals surface area (Å²) in [4.78, 5) is 8.33. The second-order valence-corrected chi connectivity index (χ2v) is 0.250. The first kappa shape index (κ1) is 101. The standard InChI is InChI=1S/CH2O3.K.Na.6H2O/c2-1(3)4;;;;;;;;/h(H2,2,3,4);;;6*1H2/q;2*+1;;;;;;/p-2. The van der Waals surface area contributed by atoms with Gasteiger partial charge in [-0.05, 0) is 6.16 Å². The molecule has 0 aliphatic heterocycles. The van der Waals surface area contributed by atoms with Crippen molar-refractivity contribution in [2.24, 2.45) is 0 Å². The molecular formula is CH12KNaO9. The summed E-state index contributed by atoms with van der Waals surface area (Å²) in [6.45, 7) is 0. The fourth-order valence-corrected chi connectivity index (χ4v) is 0. The first-order valence-electron chi connectivity index (χ1n) is 0.612. The van der Waals surface area contributed by atoms with Gasteiger partial charge in [-0.1, -0.05) is 0 Å². The minimum Gasteiger partial charge on any atom is -0.652 e. The summed E-state index contributed by atoms with van der Waals surface area (Å²) in [5, 5.41) is 16.7. The molecule has 0 amide bonds. The van der Waals surface area contributed by atoms with E-state index >= 15 is 0 Å². The van der Waals surface area contributed by atoms with Crippen molar-refractivity contribution in [3.63, 3.8) is 0 Å². The SMILES string of the molecule is O.O.O.O.O.O.O=C([O-])[O-].[K+].[Na+]. The Kier molecular flexibility index (Phi) is 664. The van der Waals surface area contributed by atoms with Gasteiger partial charge in [-0.25, -0.2) is 0 Å². The molecule has 12 N–H and O–H groups in total. The normalized spacial score (nSPS) is 2.00. The van der Waals surface area contributed by atoms with Crippen molar-refractivity contribution in [3.05, 3.63) is 0 Å². The molecule has 0 unspecified atom stereocenters. The van der Waals surface area contributed by atoms with E-state index in [9.17, 15) is 0 Å².